The predicted molar refractivity (Wildman–Crippen MR) is 100 cm³/mol. The smallest absolute Gasteiger partial charge is 0.119 e. The summed E-state index contributed by atoms with van der Waals surface area (Å²) in [4.78, 5) is 0. The van der Waals surface area contributed by atoms with E-state index in [0.29, 0.717) is 0 Å². The fourth-order valence-corrected chi connectivity index (χ4v) is 3.76. The predicted octanol–water partition coefficient (Wildman–Crippen LogP) is 6.57. The number of hydrogen-bond acceptors (Lipinski definition) is 1. The molecule has 2 rings (SSSR count). The molecule has 0 aromatic heterocycles. The number of aryl methyl sites for hydroxylation is 1. The van der Waals surface area contributed by atoms with Gasteiger partial charge in [-0.05, 0) is 55.2 Å². The summed E-state index contributed by atoms with van der Waals surface area (Å²) in [6.45, 7) is 6.84. The summed E-state index contributed by atoms with van der Waals surface area (Å²) in [7, 11) is 0. The standard InChI is InChI=1S/C22H34O/c1-3-5-6-18-23-22-16-14-21(15-17-22)13-12-20-10-8-19(7-4-2)9-11-20/h3,14-17,19-20H,1,4-13,18H2,2H3/t19-,20-. The van der Waals surface area contributed by atoms with Crippen LogP contribution in [0.4, 0.5) is 0 Å². The van der Waals surface area contributed by atoms with E-state index in [9.17, 15) is 0 Å². The fourth-order valence-electron chi connectivity index (χ4n) is 3.76. The number of benzene rings is 1. The quantitative estimate of drug-likeness (QED) is 0.350. The van der Waals surface area contributed by atoms with Crippen LogP contribution < -0.4 is 4.74 Å². The van der Waals surface area contributed by atoms with Crippen molar-refractivity contribution in [2.24, 2.45) is 11.8 Å². The molecule has 1 aliphatic carbocycles. The second-order valence-electron chi connectivity index (χ2n) is 7.14. The van der Waals surface area contributed by atoms with Crippen molar-refractivity contribution < 1.29 is 4.74 Å². The van der Waals surface area contributed by atoms with E-state index in [4.69, 9.17) is 4.74 Å². The Hall–Kier alpha value is -1.24. The highest BCUT2D eigenvalue weighted by atomic mass is 16.5. The Kier molecular flexibility index (Phi) is 8.28. The molecule has 1 fully saturated rings. The van der Waals surface area contributed by atoms with Gasteiger partial charge in [0.1, 0.15) is 5.75 Å². The molecule has 0 bridgehead atoms. The lowest BCUT2D eigenvalue weighted by atomic mass is 9.78. The van der Waals surface area contributed by atoms with Gasteiger partial charge in [-0.3, -0.25) is 0 Å². The van der Waals surface area contributed by atoms with Gasteiger partial charge in [0, 0.05) is 0 Å². The Balaban J connectivity index is 1.65. The van der Waals surface area contributed by atoms with Gasteiger partial charge in [0.2, 0.25) is 0 Å². The molecule has 0 heterocycles. The molecule has 128 valence electrons. The first kappa shape index (κ1) is 18.1. The summed E-state index contributed by atoms with van der Waals surface area (Å²) in [6, 6.07) is 8.74. The van der Waals surface area contributed by atoms with Crippen molar-refractivity contribution in [1.82, 2.24) is 0 Å². The maximum atomic E-state index is 5.74. The molecule has 0 spiro atoms. The topological polar surface area (TPSA) is 9.23 Å². The largest absolute Gasteiger partial charge is 0.494 e. The fraction of sp³-hybridized carbons (Fsp3) is 0.636. The molecule has 0 saturated heterocycles. The maximum absolute atomic E-state index is 5.74. The van der Waals surface area contributed by atoms with Crippen LogP contribution in [0, 0.1) is 11.8 Å². The van der Waals surface area contributed by atoms with Crippen LogP contribution in [-0.2, 0) is 6.42 Å². The van der Waals surface area contributed by atoms with Crippen molar-refractivity contribution in [2.45, 2.75) is 71.1 Å². The van der Waals surface area contributed by atoms with Crippen molar-refractivity contribution in [3.8, 4) is 5.75 Å². The minimum absolute atomic E-state index is 0.784. The highest BCUT2D eigenvalue weighted by molar-refractivity contribution is 5.27. The molecule has 1 aromatic carbocycles. The molecule has 1 saturated carbocycles. The van der Waals surface area contributed by atoms with Crippen molar-refractivity contribution >= 4 is 0 Å². The molecule has 1 aromatic rings. The van der Waals surface area contributed by atoms with E-state index in [2.05, 4.69) is 37.8 Å². The average molecular weight is 315 g/mol. The van der Waals surface area contributed by atoms with E-state index in [1.807, 2.05) is 6.08 Å². The third-order valence-electron chi connectivity index (χ3n) is 5.25. The Labute approximate surface area is 143 Å². The molecule has 1 aliphatic rings. The van der Waals surface area contributed by atoms with Gasteiger partial charge in [0.15, 0.2) is 0 Å². The third kappa shape index (κ3) is 6.81. The van der Waals surface area contributed by atoms with Crippen LogP contribution in [0.2, 0.25) is 0 Å². The van der Waals surface area contributed by atoms with E-state index in [1.54, 1.807) is 0 Å². The number of hydrogen-bond donors (Lipinski definition) is 0. The molecule has 0 N–H and O–H groups in total. The van der Waals surface area contributed by atoms with Crippen molar-refractivity contribution in [3.05, 3.63) is 42.5 Å². The zero-order valence-electron chi connectivity index (χ0n) is 14.9. The minimum atomic E-state index is 0.784. The van der Waals surface area contributed by atoms with E-state index < -0.39 is 0 Å². The summed E-state index contributed by atoms with van der Waals surface area (Å²) in [5, 5.41) is 0. The van der Waals surface area contributed by atoms with Gasteiger partial charge >= 0.3 is 0 Å². The van der Waals surface area contributed by atoms with E-state index in [0.717, 1.165) is 37.0 Å². The molecule has 0 radical (unpaired) electrons. The van der Waals surface area contributed by atoms with Crippen LogP contribution in [0.5, 0.6) is 5.75 Å². The molecule has 0 amide bonds. The summed E-state index contributed by atoms with van der Waals surface area (Å²) in [6.07, 6.45) is 15.2. The molecule has 0 atom stereocenters. The zero-order chi connectivity index (χ0) is 16.3. The first-order chi connectivity index (χ1) is 11.3. The van der Waals surface area contributed by atoms with E-state index >= 15 is 0 Å². The molecular formula is C22H34O. The maximum Gasteiger partial charge on any atom is 0.119 e. The second-order valence-corrected chi connectivity index (χ2v) is 7.14. The molecule has 0 unspecified atom stereocenters. The molecule has 0 aliphatic heterocycles. The van der Waals surface area contributed by atoms with Crippen LogP contribution >= 0.6 is 0 Å². The number of unbranched alkanes of at least 4 members (excludes halogenated alkanes) is 1. The summed E-state index contributed by atoms with van der Waals surface area (Å²) in [5.74, 6) is 2.98. The Morgan fingerprint density at radius 3 is 2.30 bits per heavy atom. The van der Waals surface area contributed by atoms with Gasteiger partial charge in [-0.25, -0.2) is 0 Å². The normalized spacial score (nSPS) is 21.1. The highest BCUT2D eigenvalue weighted by Gasteiger charge is 2.20. The molecular weight excluding hydrogens is 280 g/mol. The van der Waals surface area contributed by atoms with E-state index in [1.165, 1.54) is 56.9 Å². The van der Waals surface area contributed by atoms with Crippen LogP contribution in [0.1, 0.15) is 70.3 Å². The first-order valence-corrected chi connectivity index (χ1v) is 9.64. The van der Waals surface area contributed by atoms with Crippen molar-refractivity contribution in [3.63, 3.8) is 0 Å². The number of allylic oxidation sites excluding steroid dienone is 1. The van der Waals surface area contributed by atoms with Gasteiger partial charge in [0.05, 0.1) is 6.61 Å². The van der Waals surface area contributed by atoms with Crippen molar-refractivity contribution in [2.75, 3.05) is 6.61 Å². The van der Waals surface area contributed by atoms with Crippen LogP contribution in [-0.4, -0.2) is 6.61 Å². The highest BCUT2D eigenvalue weighted by Crippen LogP contribution is 2.33. The average Bonchev–Trinajstić information content (AvgIpc) is 2.59. The Morgan fingerprint density at radius 1 is 1.04 bits per heavy atom. The molecule has 1 heteroatoms. The van der Waals surface area contributed by atoms with Gasteiger partial charge in [-0.15, -0.1) is 6.58 Å². The molecule has 1 nitrogen and oxygen atoms in total. The van der Waals surface area contributed by atoms with Gasteiger partial charge in [-0.2, -0.15) is 0 Å². The number of ether oxygens (including phenoxy) is 1. The third-order valence-corrected chi connectivity index (χ3v) is 5.25. The monoisotopic (exact) mass is 314 g/mol. The van der Waals surface area contributed by atoms with Gasteiger partial charge in [0.25, 0.3) is 0 Å². The first-order valence-electron chi connectivity index (χ1n) is 9.64. The van der Waals surface area contributed by atoms with E-state index in [-0.39, 0.29) is 0 Å². The summed E-state index contributed by atoms with van der Waals surface area (Å²) >= 11 is 0. The van der Waals surface area contributed by atoms with Crippen molar-refractivity contribution in [1.29, 1.82) is 0 Å². The minimum Gasteiger partial charge on any atom is -0.494 e. The molecule has 23 heavy (non-hydrogen) atoms. The van der Waals surface area contributed by atoms with Gasteiger partial charge in [-0.1, -0.05) is 63.7 Å². The lowest BCUT2D eigenvalue weighted by Crippen LogP contribution is -2.15. The van der Waals surface area contributed by atoms with Crippen LogP contribution in [0.25, 0.3) is 0 Å². The SMILES string of the molecule is C=CCCCOc1ccc(CC[C@H]2CC[C@H](CCC)CC2)cc1. The van der Waals surface area contributed by atoms with Gasteiger partial charge < -0.3 is 4.74 Å². The number of rotatable bonds is 10. The second kappa shape index (κ2) is 10.5. The Morgan fingerprint density at radius 2 is 1.70 bits per heavy atom. The Bertz CT molecular complexity index is 426. The summed E-state index contributed by atoms with van der Waals surface area (Å²) < 4.78 is 5.74. The lowest BCUT2D eigenvalue weighted by molar-refractivity contribution is 0.252. The van der Waals surface area contributed by atoms with Crippen LogP contribution in [0.3, 0.4) is 0 Å². The van der Waals surface area contributed by atoms with Crippen LogP contribution in [0.15, 0.2) is 36.9 Å². The zero-order valence-corrected chi connectivity index (χ0v) is 14.9. The lowest BCUT2D eigenvalue weighted by Gasteiger charge is -2.28. The summed E-state index contributed by atoms with van der Waals surface area (Å²) in [5.41, 5.74) is 1.46.